The number of carbonyl (C=O) groups excluding carboxylic acids is 1. The standard InChI is InChI=1S/C23H19N3O3S/c27-20-13-15(21-6-3-11-30-21)12-19-22(20)23(14-7-9-16(10-8-14)26(28)29)25-18-5-2-1-4-17(18)24-19/h1-11,15,23-25H,12-13H2/t15-,23+/m1/s1. The van der Waals surface area contributed by atoms with E-state index in [0.717, 1.165) is 29.1 Å². The molecule has 7 heteroatoms. The van der Waals surface area contributed by atoms with Crippen molar-refractivity contribution in [3.63, 3.8) is 0 Å². The number of benzene rings is 2. The van der Waals surface area contributed by atoms with Crippen molar-refractivity contribution in [1.82, 2.24) is 0 Å². The zero-order valence-corrected chi connectivity index (χ0v) is 16.8. The molecule has 150 valence electrons. The second-order valence-electron chi connectivity index (χ2n) is 7.53. The second-order valence-corrected chi connectivity index (χ2v) is 8.51. The van der Waals surface area contributed by atoms with E-state index >= 15 is 0 Å². The number of thiophene rings is 1. The highest BCUT2D eigenvalue weighted by Gasteiger charge is 2.36. The first-order chi connectivity index (χ1) is 14.6. The molecule has 0 saturated carbocycles. The third kappa shape index (κ3) is 3.27. The van der Waals surface area contributed by atoms with E-state index in [1.54, 1.807) is 23.5 Å². The Bertz CT molecular complexity index is 1150. The Labute approximate surface area is 177 Å². The Morgan fingerprint density at radius 1 is 0.967 bits per heavy atom. The van der Waals surface area contributed by atoms with Crippen LogP contribution in [-0.2, 0) is 4.79 Å². The molecule has 2 aliphatic rings. The summed E-state index contributed by atoms with van der Waals surface area (Å²) < 4.78 is 0. The first-order valence-electron chi connectivity index (χ1n) is 9.77. The number of para-hydroxylation sites is 2. The lowest BCUT2D eigenvalue weighted by Crippen LogP contribution is -2.26. The van der Waals surface area contributed by atoms with Crippen LogP contribution in [0.5, 0.6) is 0 Å². The van der Waals surface area contributed by atoms with Crippen LogP contribution in [0.25, 0.3) is 0 Å². The predicted octanol–water partition coefficient (Wildman–Crippen LogP) is 5.64. The van der Waals surface area contributed by atoms with Gasteiger partial charge >= 0.3 is 0 Å². The van der Waals surface area contributed by atoms with Crippen molar-refractivity contribution in [2.24, 2.45) is 0 Å². The van der Waals surface area contributed by atoms with Crippen LogP contribution in [0.4, 0.5) is 17.1 Å². The molecule has 1 aliphatic carbocycles. The third-order valence-corrected chi connectivity index (χ3v) is 6.73. The van der Waals surface area contributed by atoms with Gasteiger partial charge in [0.05, 0.1) is 22.3 Å². The minimum absolute atomic E-state index is 0.0350. The maximum absolute atomic E-state index is 13.4. The topological polar surface area (TPSA) is 84.3 Å². The monoisotopic (exact) mass is 417 g/mol. The summed E-state index contributed by atoms with van der Waals surface area (Å²) in [7, 11) is 0. The molecule has 2 heterocycles. The number of non-ortho nitro benzene ring substituents is 1. The van der Waals surface area contributed by atoms with Gasteiger partial charge in [-0.1, -0.05) is 18.2 Å². The maximum atomic E-state index is 13.4. The molecule has 30 heavy (non-hydrogen) atoms. The zero-order chi connectivity index (χ0) is 20.7. The Morgan fingerprint density at radius 2 is 1.73 bits per heavy atom. The van der Waals surface area contributed by atoms with Crippen LogP contribution in [0.1, 0.15) is 35.2 Å². The van der Waals surface area contributed by atoms with Crippen molar-refractivity contribution in [1.29, 1.82) is 0 Å². The molecule has 5 rings (SSSR count). The molecule has 0 spiro atoms. The van der Waals surface area contributed by atoms with Crippen molar-refractivity contribution in [3.05, 3.63) is 97.9 Å². The lowest BCUT2D eigenvalue weighted by atomic mass is 9.81. The molecule has 2 N–H and O–H groups in total. The number of hydrogen-bond acceptors (Lipinski definition) is 6. The summed E-state index contributed by atoms with van der Waals surface area (Å²) in [6.07, 6.45) is 1.21. The average molecular weight is 417 g/mol. The fraction of sp³-hybridized carbons (Fsp3) is 0.174. The van der Waals surface area contributed by atoms with E-state index in [4.69, 9.17) is 0 Å². The average Bonchev–Trinajstić information content (AvgIpc) is 3.23. The van der Waals surface area contributed by atoms with E-state index in [-0.39, 0.29) is 23.4 Å². The van der Waals surface area contributed by atoms with Gasteiger partial charge in [-0.05, 0) is 47.7 Å². The molecule has 2 aromatic carbocycles. The SMILES string of the molecule is O=C1C[C@H](c2cccs2)CC2=C1[C@H](c1ccc([N+](=O)[O-])cc1)Nc1ccccc1N2. The molecule has 0 bridgehead atoms. The summed E-state index contributed by atoms with van der Waals surface area (Å²) in [6, 6.07) is 18.0. The fourth-order valence-electron chi connectivity index (χ4n) is 4.26. The predicted molar refractivity (Wildman–Crippen MR) is 118 cm³/mol. The summed E-state index contributed by atoms with van der Waals surface area (Å²) in [5, 5.41) is 20.1. The second kappa shape index (κ2) is 7.42. The van der Waals surface area contributed by atoms with Crippen LogP contribution in [0.15, 0.2) is 77.3 Å². The normalized spacial score (nSPS) is 20.5. The molecule has 1 aromatic heterocycles. The number of hydrogen-bond donors (Lipinski definition) is 2. The summed E-state index contributed by atoms with van der Waals surface area (Å²) >= 11 is 1.68. The molecular formula is C23H19N3O3S. The highest BCUT2D eigenvalue weighted by atomic mass is 32.1. The minimum atomic E-state index is -0.413. The van der Waals surface area contributed by atoms with Gasteiger partial charge in [0.1, 0.15) is 0 Å². The van der Waals surface area contributed by atoms with E-state index in [9.17, 15) is 14.9 Å². The van der Waals surface area contributed by atoms with Gasteiger partial charge in [0.15, 0.2) is 5.78 Å². The largest absolute Gasteiger partial charge is 0.372 e. The third-order valence-electron chi connectivity index (χ3n) is 5.69. The highest BCUT2D eigenvalue weighted by Crippen LogP contribution is 2.44. The molecule has 0 fully saturated rings. The number of nitrogens with one attached hydrogen (secondary N) is 2. The van der Waals surface area contributed by atoms with Gasteiger partial charge in [-0.3, -0.25) is 14.9 Å². The molecular weight excluding hydrogens is 398 g/mol. The highest BCUT2D eigenvalue weighted by molar-refractivity contribution is 7.10. The lowest BCUT2D eigenvalue weighted by molar-refractivity contribution is -0.384. The van der Waals surface area contributed by atoms with Crippen molar-refractivity contribution < 1.29 is 9.72 Å². The maximum Gasteiger partial charge on any atom is 0.269 e. The first kappa shape index (κ1) is 18.6. The summed E-state index contributed by atoms with van der Waals surface area (Å²) in [5.74, 6) is 0.261. The summed E-state index contributed by atoms with van der Waals surface area (Å²) in [6.45, 7) is 0. The number of nitrogens with zero attached hydrogens (tertiary/aromatic N) is 1. The Morgan fingerprint density at radius 3 is 2.43 bits per heavy atom. The lowest BCUT2D eigenvalue weighted by Gasteiger charge is -2.29. The number of ketones is 1. The summed E-state index contributed by atoms with van der Waals surface area (Å²) in [5.41, 5.74) is 4.32. The quantitative estimate of drug-likeness (QED) is 0.426. The molecule has 0 saturated heterocycles. The smallest absolute Gasteiger partial charge is 0.269 e. The van der Waals surface area contributed by atoms with Crippen molar-refractivity contribution in [2.45, 2.75) is 24.8 Å². The molecule has 3 aromatic rings. The van der Waals surface area contributed by atoms with E-state index < -0.39 is 4.92 Å². The zero-order valence-electron chi connectivity index (χ0n) is 16.0. The van der Waals surface area contributed by atoms with Gasteiger partial charge in [-0.25, -0.2) is 0 Å². The number of rotatable bonds is 3. The van der Waals surface area contributed by atoms with Gasteiger partial charge in [0.2, 0.25) is 0 Å². The van der Waals surface area contributed by atoms with Crippen LogP contribution in [-0.4, -0.2) is 10.7 Å². The van der Waals surface area contributed by atoms with Crippen LogP contribution in [0, 0.1) is 10.1 Å². The van der Waals surface area contributed by atoms with Crippen LogP contribution < -0.4 is 10.6 Å². The Kier molecular flexibility index (Phi) is 4.59. The molecule has 0 unspecified atom stereocenters. The first-order valence-corrected chi connectivity index (χ1v) is 10.6. The van der Waals surface area contributed by atoms with E-state index in [2.05, 4.69) is 16.7 Å². The molecule has 0 amide bonds. The fourth-order valence-corrected chi connectivity index (χ4v) is 5.09. The van der Waals surface area contributed by atoms with Gasteiger partial charge < -0.3 is 10.6 Å². The molecule has 6 nitrogen and oxygen atoms in total. The Hall–Kier alpha value is -3.45. The molecule has 1 aliphatic heterocycles. The van der Waals surface area contributed by atoms with E-state index in [0.29, 0.717) is 12.0 Å². The van der Waals surface area contributed by atoms with E-state index in [1.807, 2.05) is 35.7 Å². The number of nitro benzene ring substituents is 1. The van der Waals surface area contributed by atoms with Gasteiger partial charge in [0.25, 0.3) is 5.69 Å². The molecule has 0 radical (unpaired) electrons. The number of Topliss-reactive ketones (excluding diaryl/α,β-unsaturated/α-hetero) is 1. The van der Waals surface area contributed by atoms with E-state index in [1.165, 1.54) is 17.0 Å². The van der Waals surface area contributed by atoms with Crippen molar-refractivity contribution in [2.75, 3.05) is 10.6 Å². The number of allylic oxidation sites excluding steroid dienone is 1. The number of fused-ring (bicyclic) bond motifs is 1. The van der Waals surface area contributed by atoms with Gasteiger partial charge in [-0.15, -0.1) is 11.3 Å². The van der Waals surface area contributed by atoms with Crippen molar-refractivity contribution >= 4 is 34.2 Å². The Balaban J connectivity index is 1.60. The summed E-state index contributed by atoms with van der Waals surface area (Å²) in [4.78, 5) is 25.2. The number of nitro groups is 1. The van der Waals surface area contributed by atoms with Crippen LogP contribution in [0.3, 0.4) is 0 Å². The van der Waals surface area contributed by atoms with Crippen LogP contribution in [0.2, 0.25) is 0 Å². The molecule has 2 atom stereocenters. The van der Waals surface area contributed by atoms with Gasteiger partial charge in [0, 0.05) is 40.6 Å². The minimum Gasteiger partial charge on any atom is -0.372 e. The number of anilines is 2. The van der Waals surface area contributed by atoms with Crippen molar-refractivity contribution in [3.8, 4) is 0 Å². The number of carbonyl (C=O) groups is 1. The van der Waals surface area contributed by atoms with Gasteiger partial charge in [-0.2, -0.15) is 0 Å². The van der Waals surface area contributed by atoms with Crippen LogP contribution >= 0.6 is 11.3 Å².